The summed E-state index contributed by atoms with van der Waals surface area (Å²) >= 11 is 0. The predicted molar refractivity (Wildman–Crippen MR) is 88.4 cm³/mol. The molecule has 0 amide bonds. The van der Waals surface area contributed by atoms with Crippen molar-refractivity contribution in [3.05, 3.63) is 53.6 Å². The Kier molecular flexibility index (Phi) is 5.18. The van der Waals surface area contributed by atoms with E-state index in [1.165, 1.54) is 16.8 Å². The summed E-state index contributed by atoms with van der Waals surface area (Å²) in [5, 5.41) is 3.58. The van der Waals surface area contributed by atoms with Crippen molar-refractivity contribution in [1.82, 2.24) is 14.9 Å². The van der Waals surface area contributed by atoms with Crippen molar-refractivity contribution in [2.45, 2.75) is 59.2 Å². The number of nitrogens with one attached hydrogen (secondary N) is 1. The van der Waals surface area contributed by atoms with Gasteiger partial charge in [0.2, 0.25) is 0 Å². The number of rotatable bonds is 6. The number of hydrogen-bond acceptors (Lipinski definition) is 2. The van der Waals surface area contributed by atoms with E-state index in [-0.39, 0.29) is 0 Å². The van der Waals surface area contributed by atoms with Crippen molar-refractivity contribution in [3.63, 3.8) is 0 Å². The van der Waals surface area contributed by atoms with Gasteiger partial charge < -0.3 is 9.88 Å². The van der Waals surface area contributed by atoms with Crippen LogP contribution in [0.2, 0.25) is 0 Å². The van der Waals surface area contributed by atoms with Gasteiger partial charge in [0, 0.05) is 24.8 Å². The molecule has 0 fully saturated rings. The van der Waals surface area contributed by atoms with Crippen LogP contribution in [0.15, 0.2) is 36.8 Å². The first kappa shape index (κ1) is 15.8. The van der Waals surface area contributed by atoms with Gasteiger partial charge in [-0.15, -0.1) is 0 Å². The molecule has 0 saturated carbocycles. The molecule has 1 atom stereocenters. The van der Waals surface area contributed by atoms with E-state index in [2.05, 4.69) is 73.8 Å². The van der Waals surface area contributed by atoms with Gasteiger partial charge in [-0.05, 0) is 37.8 Å². The third-order valence-electron chi connectivity index (χ3n) is 4.00. The maximum atomic E-state index is 4.25. The van der Waals surface area contributed by atoms with Gasteiger partial charge >= 0.3 is 0 Å². The van der Waals surface area contributed by atoms with Gasteiger partial charge in [-0.2, -0.15) is 0 Å². The van der Waals surface area contributed by atoms with Crippen molar-refractivity contribution in [3.8, 4) is 0 Å². The van der Waals surface area contributed by atoms with Gasteiger partial charge in [0.15, 0.2) is 0 Å². The standard InChI is InChI=1S/C18H27N3/c1-13(2)16-6-8-17(9-7-16)15(5)20-11-18-10-19-12-21(18)14(3)4/h6-10,12-15,20H,11H2,1-5H3. The quantitative estimate of drug-likeness (QED) is 0.850. The Morgan fingerprint density at radius 1 is 1.00 bits per heavy atom. The molecular weight excluding hydrogens is 258 g/mol. The van der Waals surface area contributed by atoms with Crippen LogP contribution in [-0.4, -0.2) is 9.55 Å². The molecule has 1 N–H and O–H groups in total. The minimum atomic E-state index is 0.335. The first-order valence-electron chi connectivity index (χ1n) is 7.83. The summed E-state index contributed by atoms with van der Waals surface area (Å²) in [6, 6.07) is 9.71. The molecule has 3 heteroatoms. The molecule has 1 heterocycles. The molecular formula is C18H27N3. The van der Waals surface area contributed by atoms with E-state index < -0.39 is 0 Å². The fourth-order valence-electron chi connectivity index (χ4n) is 2.48. The lowest BCUT2D eigenvalue weighted by Gasteiger charge is -2.17. The zero-order valence-corrected chi connectivity index (χ0v) is 13.8. The van der Waals surface area contributed by atoms with Crippen LogP contribution in [-0.2, 0) is 6.54 Å². The van der Waals surface area contributed by atoms with Crippen molar-refractivity contribution in [1.29, 1.82) is 0 Å². The minimum Gasteiger partial charge on any atom is -0.331 e. The second-order valence-electron chi connectivity index (χ2n) is 6.31. The summed E-state index contributed by atoms with van der Waals surface area (Å²) in [6.07, 6.45) is 3.85. The van der Waals surface area contributed by atoms with Crippen molar-refractivity contribution >= 4 is 0 Å². The fraction of sp³-hybridized carbons (Fsp3) is 0.500. The zero-order chi connectivity index (χ0) is 15.4. The Bertz CT molecular complexity index is 552. The Morgan fingerprint density at radius 2 is 1.62 bits per heavy atom. The number of hydrogen-bond donors (Lipinski definition) is 1. The van der Waals surface area contributed by atoms with Crippen LogP contribution in [0.3, 0.4) is 0 Å². The molecule has 1 aromatic heterocycles. The van der Waals surface area contributed by atoms with E-state index in [1.807, 2.05) is 12.5 Å². The van der Waals surface area contributed by atoms with E-state index >= 15 is 0 Å². The van der Waals surface area contributed by atoms with Gasteiger partial charge in [0.25, 0.3) is 0 Å². The van der Waals surface area contributed by atoms with Gasteiger partial charge in [-0.1, -0.05) is 38.1 Å². The molecule has 0 bridgehead atoms. The van der Waals surface area contributed by atoms with Crippen LogP contribution in [0, 0.1) is 0 Å². The summed E-state index contributed by atoms with van der Waals surface area (Å²) in [5.74, 6) is 0.586. The SMILES string of the molecule is CC(C)c1ccc(C(C)NCc2cncn2C(C)C)cc1. The summed E-state index contributed by atoms with van der Waals surface area (Å²) in [7, 11) is 0. The summed E-state index contributed by atoms with van der Waals surface area (Å²) in [5.41, 5.74) is 3.95. The topological polar surface area (TPSA) is 29.9 Å². The Morgan fingerprint density at radius 3 is 2.19 bits per heavy atom. The normalized spacial score (nSPS) is 13.1. The number of benzene rings is 1. The molecule has 0 spiro atoms. The number of imidazole rings is 1. The van der Waals surface area contributed by atoms with E-state index in [0.717, 1.165) is 6.54 Å². The molecule has 1 unspecified atom stereocenters. The lowest BCUT2D eigenvalue weighted by atomic mass is 9.99. The molecule has 3 nitrogen and oxygen atoms in total. The largest absolute Gasteiger partial charge is 0.331 e. The zero-order valence-electron chi connectivity index (χ0n) is 13.8. The number of nitrogens with zero attached hydrogens (tertiary/aromatic N) is 2. The number of aromatic nitrogens is 2. The second kappa shape index (κ2) is 6.90. The molecule has 0 aliphatic rings. The molecule has 1 aromatic carbocycles. The summed E-state index contributed by atoms with van der Waals surface area (Å²) < 4.78 is 2.21. The van der Waals surface area contributed by atoms with Crippen LogP contribution in [0.1, 0.15) is 69.4 Å². The van der Waals surface area contributed by atoms with Crippen LogP contribution < -0.4 is 5.32 Å². The fourth-order valence-corrected chi connectivity index (χ4v) is 2.48. The smallest absolute Gasteiger partial charge is 0.0951 e. The summed E-state index contributed by atoms with van der Waals surface area (Å²) in [4.78, 5) is 4.25. The lowest BCUT2D eigenvalue weighted by Crippen LogP contribution is -2.20. The Hall–Kier alpha value is -1.61. The van der Waals surface area contributed by atoms with E-state index in [9.17, 15) is 0 Å². The highest BCUT2D eigenvalue weighted by atomic mass is 15.1. The third kappa shape index (κ3) is 3.94. The van der Waals surface area contributed by atoms with Crippen LogP contribution >= 0.6 is 0 Å². The Labute approximate surface area is 128 Å². The molecule has 0 radical (unpaired) electrons. The molecule has 2 aromatic rings. The van der Waals surface area contributed by atoms with Crippen LogP contribution in [0.25, 0.3) is 0 Å². The van der Waals surface area contributed by atoms with Crippen LogP contribution in [0.5, 0.6) is 0 Å². The highest BCUT2D eigenvalue weighted by molar-refractivity contribution is 5.26. The average molecular weight is 285 g/mol. The van der Waals surface area contributed by atoms with Gasteiger partial charge in [-0.3, -0.25) is 0 Å². The molecule has 0 aliphatic carbocycles. The highest BCUT2D eigenvalue weighted by Crippen LogP contribution is 2.19. The first-order valence-corrected chi connectivity index (χ1v) is 7.83. The monoisotopic (exact) mass is 285 g/mol. The second-order valence-corrected chi connectivity index (χ2v) is 6.31. The van der Waals surface area contributed by atoms with Crippen molar-refractivity contribution < 1.29 is 0 Å². The Balaban J connectivity index is 1.98. The molecule has 0 aliphatic heterocycles. The van der Waals surface area contributed by atoms with E-state index in [4.69, 9.17) is 0 Å². The molecule has 0 saturated heterocycles. The van der Waals surface area contributed by atoms with Gasteiger partial charge in [0.1, 0.15) is 0 Å². The van der Waals surface area contributed by atoms with Gasteiger partial charge in [-0.25, -0.2) is 4.98 Å². The lowest BCUT2D eigenvalue weighted by molar-refractivity contribution is 0.518. The maximum Gasteiger partial charge on any atom is 0.0951 e. The van der Waals surface area contributed by atoms with Crippen LogP contribution in [0.4, 0.5) is 0 Å². The molecule has 114 valence electrons. The van der Waals surface area contributed by atoms with Crippen molar-refractivity contribution in [2.24, 2.45) is 0 Å². The van der Waals surface area contributed by atoms with Gasteiger partial charge in [0.05, 0.1) is 12.0 Å². The first-order chi connectivity index (χ1) is 9.99. The highest BCUT2D eigenvalue weighted by Gasteiger charge is 2.09. The maximum absolute atomic E-state index is 4.25. The molecule has 21 heavy (non-hydrogen) atoms. The van der Waals surface area contributed by atoms with E-state index in [0.29, 0.717) is 18.0 Å². The summed E-state index contributed by atoms with van der Waals surface area (Å²) in [6.45, 7) is 11.9. The van der Waals surface area contributed by atoms with Crippen molar-refractivity contribution in [2.75, 3.05) is 0 Å². The predicted octanol–water partition coefficient (Wildman–Crippen LogP) is 4.44. The van der Waals surface area contributed by atoms with E-state index in [1.54, 1.807) is 0 Å². The molecule has 2 rings (SSSR count). The third-order valence-corrected chi connectivity index (χ3v) is 4.00. The average Bonchev–Trinajstić information content (AvgIpc) is 2.93. The minimum absolute atomic E-state index is 0.335.